The van der Waals surface area contributed by atoms with Crippen molar-refractivity contribution < 1.29 is 37.1 Å². The van der Waals surface area contributed by atoms with Gasteiger partial charge < -0.3 is 14.8 Å². The molecule has 0 aliphatic carbocycles. The second-order valence-corrected chi connectivity index (χ2v) is 16.7. The van der Waals surface area contributed by atoms with Crippen molar-refractivity contribution in [2.45, 2.75) is 38.1 Å². The van der Waals surface area contributed by atoms with Crippen LogP contribution in [0.3, 0.4) is 0 Å². The first-order valence-corrected chi connectivity index (χ1v) is 20.8. The number of amides is 4. The highest BCUT2D eigenvalue weighted by Crippen LogP contribution is 2.39. The highest BCUT2D eigenvalue weighted by Gasteiger charge is 2.44. The minimum Gasteiger partial charge on any atom is -0.488 e. The first-order valence-electron chi connectivity index (χ1n) is 18.5. The van der Waals surface area contributed by atoms with Gasteiger partial charge in [0.25, 0.3) is 11.8 Å². The summed E-state index contributed by atoms with van der Waals surface area (Å²) in [4.78, 5) is 59.2. The highest BCUT2D eigenvalue weighted by molar-refractivity contribution is 7.92. The first-order chi connectivity index (χ1) is 28.1. The quantitative estimate of drug-likeness (QED) is 0.0945. The third-order valence-corrected chi connectivity index (χ3v) is 11.0. The number of nitrogens with one attached hydrogen (secondary N) is 3. The van der Waals surface area contributed by atoms with Crippen LogP contribution >= 0.6 is 11.6 Å². The molecule has 0 radical (unpaired) electrons. The van der Waals surface area contributed by atoms with Gasteiger partial charge in [0.2, 0.25) is 27.8 Å². The second-order valence-electron chi connectivity index (χ2n) is 14.6. The lowest BCUT2D eigenvalue weighted by molar-refractivity contribution is -0.136. The van der Waals surface area contributed by atoms with E-state index in [2.05, 4.69) is 31.4 Å². The fourth-order valence-electron chi connectivity index (χ4n) is 7.01. The second kappa shape index (κ2) is 16.5. The molecular weight excluding hydrogens is 798 g/mol. The maximum atomic E-state index is 13.1. The number of nitriles is 1. The van der Waals surface area contributed by atoms with Crippen molar-refractivity contribution in [3.8, 4) is 22.9 Å². The maximum Gasteiger partial charge on any atom is 0.262 e. The van der Waals surface area contributed by atoms with Crippen molar-refractivity contribution in [1.82, 2.24) is 20.2 Å². The van der Waals surface area contributed by atoms with Crippen LogP contribution in [-0.4, -0.2) is 85.6 Å². The molecule has 15 nitrogen and oxygen atoms in total. The van der Waals surface area contributed by atoms with Crippen LogP contribution in [0.5, 0.6) is 5.75 Å². The number of halogens is 1. The van der Waals surface area contributed by atoms with Crippen LogP contribution in [0.1, 0.15) is 64.1 Å². The van der Waals surface area contributed by atoms with Crippen molar-refractivity contribution in [1.29, 1.82) is 5.26 Å². The molecular formula is C42H38ClN7O8S. The van der Waals surface area contributed by atoms with Gasteiger partial charge in [-0.2, -0.15) is 5.26 Å². The molecule has 1 unspecified atom stereocenters. The third-order valence-electron chi connectivity index (χ3n) is 10.2. The molecule has 0 saturated carbocycles. The number of carbonyl (C=O) groups excluding carboxylic acids is 4. The maximum absolute atomic E-state index is 13.1. The number of ether oxygens (including phenoxy) is 2. The molecule has 1 aromatic heterocycles. The van der Waals surface area contributed by atoms with E-state index >= 15 is 0 Å². The SMILES string of the molecule is CC(C)(c1ccc(-c2ccc3nc(NS(C)(=O)=O)ncc3c2)cc1)c1cc(Cl)c(OCCOCCNc2ccc3c(c2)C(=O)N(C2CCC(=O)NC2=O)C3=O)c(C#N)c1. The van der Waals surface area contributed by atoms with Crippen molar-refractivity contribution in [2.24, 2.45) is 0 Å². The average molecular weight is 836 g/mol. The number of benzene rings is 4. The highest BCUT2D eigenvalue weighted by atomic mass is 35.5. The Labute approximate surface area is 344 Å². The van der Waals surface area contributed by atoms with E-state index in [1.807, 2.05) is 56.3 Å². The largest absolute Gasteiger partial charge is 0.488 e. The number of hydrogen-bond donors (Lipinski definition) is 3. The monoisotopic (exact) mass is 835 g/mol. The summed E-state index contributed by atoms with van der Waals surface area (Å²) in [6.07, 6.45) is 2.74. The molecule has 1 fully saturated rings. The fourth-order valence-corrected chi connectivity index (χ4v) is 7.72. The molecule has 3 heterocycles. The van der Waals surface area contributed by atoms with Crippen molar-refractivity contribution in [3.05, 3.63) is 112 Å². The molecule has 17 heteroatoms. The van der Waals surface area contributed by atoms with E-state index in [-0.39, 0.29) is 61.1 Å². The summed E-state index contributed by atoms with van der Waals surface area (Å²) in [5, 5.41) is 16.4. The lowest BCUT2D eigenvalue weighted by Gasteiger charge is -2.27. The number of imide groups is 2. The minimum absolute atomic E-state index is 0.00810. The van der Waals surface area contributed by atoms with Crippen molar-refractivity contribution in [2.75, 3.05) is 42.7 Å². The Balaban J connectivity index is 0.913. The van der Waals surface area contributed by atoms with E-state index in [1.165, 1.54) is 6.07 Å². The zero-order valence-electron chi connectivity index (χ0n) is 32.2. The van der Waals surface area contributed by atoms with Crippen LogP contribution in [0.2, 0.25) is 5.02 Å². The van der Waals surface area contributed by atoms with E-state index in [4.69, 9.17) is 21.1 Å². The Morgan fingerprint density at radius 3 is 2.41 bits per heavy atom. The minimum atomic E-state index is -3.50. The van der Waals surface area contributed by atoms with Gasteiger partial charge in [-0.3, -0.25) is 34.1 Å². The molecule has 0 bridgehead atoms. The molecule has 4 amide bonds. The summed E-state index contributed by atoms with van der Waals surface area (Å²) in [7, 11) is -3.50. The smallest absolute Gasteiger partial charge is 0.262 e. The molecule has 4 aromatic carbocycles. The Kier molecular flexibility index (Phi) is 11.4. The summed E-state index contributed by atoms with van der Waals surface area (Å²) in [5.41, 5.74) is 5.02. The molecule has 3 N–H and O–H groups in total. The number of piperidine rings is 1. The summed E-state index contributed by atoms with van der Waals surface area (Å²) >= 11 is 6.70. The lowest BCUT2D eigenvalue weighted by Crippen LogP contribution is -2.54. The number of aromatic nitrogens is 2. The zero-order valence-corrected chi connectivity index (χ0v) is 33.7. The molecule has 2 aliphatic heterocycles. The predicted molar refractivity (Wildman–Crippen MR) is 220 cm³/mol. The summed E-state index contributed by atoms with van der Waals surface area (Å²) in [5.74, 6) is -1.99. The topological polar surface area (TPSA) is 210 Å². The standard InChI is InChI=1S/C42H38ClN7O8S/c1-42(2,28-7-4-24(5-8-28)25-6-11-34-27(18-25)23-46-41(47-34)49-59(3,55)56)29-19-26(22-44)37(33(43)20-29)58-17-16-57-15-14-45-30-9-10-31-32(21-30)40(54)50(39(31)53)35-12-13-36(51)48-38(35)52/h4-11,18-21,23,35,45H,12-17H2,1-3H3,(H,46,47,49)(H,48,51,52). The fraction of sp³-hybridized carbons (Fsp3) is 0.262. The van der Waals surface area contributed by atoms with Gasteiger partial charge in [-0.25, -0.2) is 18.4 Å². The van der Waals surface area contributed by atoms with E-state index in [1.54, 1.807) is 30.5 Å². The van der Waals surface area contributed by atoms with Crippen LogP contribution in [0, 0.1) is 11.3 Å². The summed E-state index contributed by atoms with van der Waals surface area (Å²) in [6.45, 7) is 5.07. The van der Waals surface area contributed by atoms with Crippen LogP contribution in [0.4, 0.5) is 11.6 Å². The van der Waals surface area contributed by atoms with Crippen molar-refractivity contribution >= 4 is 67.8 Å². The van der Waals surface area contributed by atoms with E-state index in [9.17, 15) is 32.9 Å². The third kappa shape index (κ3) is 8.72. The first kappa shape index (κ1) is 40.8. The van der Waals surface area contributed by atoms with Crippen LogP contribution in [-0.2, 0) is 29.8 Å². The summed E-state index contributed by atoms with van der Waals surface area (Å²) < 4.78 is 37.0. The Morgan fingerprint density at radius 2 is 1.68 bits per heavy atom. The Bertz CT molecular complexity index is 2680. The number of sulfonamides is 1. The molecule has 5 aromatic rings. The molecule has 0 spiro atoms. The Morgan fingerprint density at radius 1 is 0.932 bits per heavy atom. The van der Waals surface area contributed by atoms with Gasteiger partial charge in [0.1, 0.15) is 18.7 Å². The lowest BCUT2D eigenvalue weighted by atomic mass is 9.77. The number of carbonyl (C=O) groups is 4. The van der Waals surface area contributed by atoms with E-state index in [0.29, 0.717) is 22.8 Å². The van der Waals surface area contributed by atoms with Gasteiger partial charge in [-0.15, -0.1) is 0 Å². The molecule has 59 heavy (non-hydrogen) atoms. The number of hydrogen-bond acceptors (Lipinski definition) is 12. The van der Waals surface area contributed by atoms with E-state index in [0.717, 1.165) is 38.8 Å². The molecule has 7 rings (SSSR count). The number of fused-ring (bicyclic) bond motifs is 2. The van der Waals surface area contributed by atoms with E-state index < -0.39 is 45.1 Å². The molecule has 1 saturated heterocycles. The van der Waals surface area contributed by atoms with Gasteiger partial charge in [0, 0.05) is 35.7 Å². The van der Waals surface area contributed by atoms with Gasteiger partial charge >= 0.3 is 0 Å². The van der Waals surface area contributed by atoms with Gasteiger partial charge in [0.05, 0.1) is 46.7 Å². The normalized spacial score (nSPS) is 15.5. The molecule has 1 atom stereocenters. The average Bonchev–Trinajstić information content (AvgIpc) is 3.44. The number of nitrogens with zero attached hydrogens (tertiary/aromatic N) is 4. The van der Waals surface area contributed by atoms with Crippen LogP contribution in [0.25, 0.3) is 22.0 Å². The van der Waals surface area contributed by atoms with Gasteiger partial charge in [-0.05, 0) is 71.1 Å². The Hall–Kier alpha value is -6.41. The molecule has 302 valence electrons. The van der Waals surface area contributed by atoms with Crippen LogP contribution in [0.15, 0.2) is 79.0 Å². The van der Waals surface area contributed by atoms with Gasteiger partial charge in [0.15, 0.2) is 5.75 Å². The van der Waals surface area contributed by atoms with Crippen LogP contribution < -0.4 is 20.1 Å². The van der Waals surface area contributed by atoms with Crippen molar-refractivity contribution in [3.63, 3.8) is 0 Å². The van der Waals surface area contributed by atoms with Gasteiger partial charge in [-0.1, -0.05) is 55.8 Å². The zero-order chi connectivity index (χ0) is 42.1. The summed E-state index contributed by atoms with van der Waals surface area (Å²) in [6, 6.07) is 23.2. The molecule has 2 aliphatic rings. The number of anilines is 2. The number of rotatable bonds is 14. The predicted octanol–water partition coefficient (Wildman–Crippen LogP) is 5.43.